The Morgan fingerprint density at radius 2 is 1.88 bits per heavy atom. The molecule has 8 nitrogen and oxygen atoms in total. The minimum Gasteiger partial charge on any atom is -0.494 e. The highest BCUT2D eigenvalue weighted by atomic mass is 35.5. The molecular weight excluding hydrogens is 570 g/mol. The van der Waals surface area contributed by atoms with Gasteiger partial charge >= 0.3 is 0 Å². The zero-order valence-electron chi connectivity index (χ0n) is 22.2. The van der Waals surface area contributed by atoms with Gasteiger partial charge in [0.05, 0.1) is 34.4 Å². The predicted molar refractivity (Wildman–Crippen MR) is 158 cm³/mol. The largest absolute Gasteiger partial charge is 0.494 e. The molecule has 210 valence electrons. The summed E-state index contributed by atoms with van der Waals surface area (Å²) in [5.74, 6) is 0.266. The van der Waals surface area contributed by atoms with E-state index in [1.807, 2.05) is 30.3 Å². The van der Waals surface area contributed by atoms with Gasteiger partial charge in [0.2, 0.25) is 10.0 Å². The molecule has 1 aliphatic rings. The van der Waals surface area contributed by atoms with E-state index in [1.165, 1.54) is 27.8 Å². The molecule has 40 heavy (non-hydrogen) atoms. The van der Waals surface area contributed by atoms with Crippen LogP contribution < -0.4 is 9.64 Å². The quantitative estimate of drug-likeness (QED) is 0.222. The lowest BCUT2D eigenvalue weighted by atomic mass is 10.2. The number of aromatic nitrogens is 1. The average Bonchev–Trinajstić information content (AvgIpc) is 3.66. The third-order valence-electron chi connectivity index (χ3n) is 6.85. The van der Waals surface area contributed by atoms with Gasteiger partial charge in [-0.05, 0) is 54.8 Å². The van der Waals surface area contributed by atoms with Crippen LogP contribution in [0.25, 0.3) is 10.2 Å². The van der Waals surface area contributed by atoms with Crippen molar-refractivity contribution in [3.63, 3.8) is 0 Å². The Balaban J connectivity index is 1.44. The first-order chi connectivity index (χ1) is 19.3. The minimum absolute atomic E-state index is 0.121. The Labute approximate surface area is 243 Å². The van der Waals surface area contributed by atoms with Crippen molar-refractivity contribution in [1.29, 1.82) is 0 Å². The van der Waals surface area contributed by atoms with Crippen LogP contribution in [0, 0.1) is 0 Å². The third-order valence-corrected chi connectivity index (χ3v) is 10.3. The zero-order chi connectivity index (χ0) is 28.3. The van der Waals surface area contributed by atoms with Crippen molar-refractivity contribution in [2.45, 2.75) is 37.3 Å². The van der Waals surface area contributed by atoms with Crippen LogP contribution in [0.3, 0.4) is 0 Å². The molecular formula is C29H30ClN3O5S2. The number of hydrogen-bond acceptors (Lipinski definition) is 7. The second kappa shape index (κ2) is 12.2. The zero-order valence-corrected chi connectivity index (χ0v) is 24.6. The summed E-state index contributed by atoms with van der Waals surface area (Å²) in [7, 11) is -2.20. The summed E-state index contributed by atoms with van der Waals surface area (Å²) in [4.78, 5) is 20.3. The van der Waals surface area contributed by atoms with E-state index in [-0.39, 0.29) is 23.5 Å². The number of anilines is 1. The molecule has 0 aliphatic carbocycles. The first-order valence-electron chi connectivity index (χ1n) is 13.0. The molecule has 0 bridgehead atoms. The van der Waals surface area contributed by atoms with Crippen molar-refractivity contribution >= 4 is 54.2 Å². The molecule has 1 unspecified atom stereocenters. The lowest BCUT2D eigenvalue weighted by Crippen LogP contribution is -2.37. The van der Waals surface area contributed by atoms with Crippen LogP contribution in [-0.4, -0.2) is 56.5 Å². The van der Waals surface area contributed by atoms with Crippen LogP contribution in [0.15, 0.2) is 71.6 Å². The number of benzene rings is 3. The highest BCUT2D eigenvalue weighted by Gasteiger charge is 2.29. The number of fused-ring (bicyclic) bond motifs is 1. The summed E-state index contributed by atoms with van der Waals surface area (Å²) in [6, 6.07) is 19.0. The molecule has 1 atom stereocenters. The van der Waals surface area contributed by atoms with Gasteiger partial charge in [-0.25, -0.2) is 13.4 Å². The van der Waals surface area contributed by atoms with E-state index in [4.69, 9.17) is 26.1 Å². The number of carbonyl (C=O) groups is 1. The maximum Gasteiger partial charge on any atom is 0.260 e. The second-order valence-electron chi connectivity index (χ2n) is 9.42. The SMILES string of the molecule is CCN(Cc1ccccc1)S(=O)(=O)c1ccc(C(=O)N(CC2CCCO2)c2nc3c(OC)ccc(Cl)c3s2)cc1. The molecule has 0 spiro atoms. The number of thiazole rings is 1. The fraction of sp³-hybridized carbons (Fsp3) is 0.310. The number of sulfonamides is 1. The van der Waals surface area contributed by atoms with Gasteiger partial charge in [0.15, 0.2) is 5.13 Å². The lowest BCUT2D eigenvalue weighted by Gasteiger charge is -2.23. The van der Waals surface area contributed by atoms with Gasteiger partial charge in [0, 0.05) is 25.3 Å². The molecule has 4 aromatic rings. The van der Waals surface area contributed by atoms with Crippen molar-refractivity contribution in [2.24, 2.45) is 0 Å². The smallest absolute Gasteiger partial charge is 0.260 e. The van der Waals surface area contributed by atoms with E-state index < -0.39 is 10.0 Å². The first kappa shape index (κ1) is 28.5. The predicted octanol–water partition coefficient (Wildman–Crippen LogP) is 5.99. The van der Waals surface area contributed by atoms with Crippen LogP contribution in [0.1, 0.15) is 35.7 Å². The standard InChI is InChI=1S/C29H30ClN3O5S2/c1-3-32(18-20-8-5-4-6-9-20)40(35,36)23-13-11-21(12-14-23)28(34)33(19-22-10-7-17-38-22)29-31-26-25(37-2)16-15-24(30)27(26)39-29/h4-6,8-9,11-16,22H,3,7,10,17-19H2,1-2H3. The molecule has 0 N–H and O–H groups in total. The lowest BCUT2D eigenvalue weighted by molar-refractivity contribution is 0.0917. The van der Waals surface area contributed by atoms with Crippen LogP contribution in [0.2, 0.25) is 5.02 Å². The van der Waals surface area contributed by atoms with Crippen molar-refractivity contribution in [1.82, 2.24) is 9.29 Å². The van der Waals surface area contributed by atoms with E-state index in [0.29, 0.717) is 46.7 Å². The molecule has 1 amide bonds. The van der Waals surface area contributed by atoms with Gasteiger partial charge in [-0.2, -0.15) is 4.31 Å². The van der Waals surface area contributed by atoms with Crippen LogP contribution >= 0.6 is 22.9 Å². The second-order valence-corrected chi connectivity index (χ2v) is 12.7. The molecule has 0 saturated carbocycles. The minimum atomic E-state index is -3.76. The Morgan fingerprint density at radius 3 is 2.52 bits per heavy atom. The fourth-order valence-electron chi connectivity index (χ4n) is 4.69. The Hall–Kier alpha value is -3.02. The highest BCUT2D eigenvalue weighted by molar-refractivity contribution is 7.89. The van der Waals surface area contributed by atoms with E-state index in [9.17, 15) is 13.2 Å². The third kappa shape index (κ3) is 5.87. The summed E-state index contributed by atoms with van der Waals surface area (Å²) in [6.07, 6.45) is 1.64. The van der Waals surface area contributed by atoms with E-state index in [1.54, 1.807) is 43.2 Å². The van der Waals surface area contributed by atoms with Crippen LogP contribution in [-0.2, 0) is 21.3 Å². The topological polar surface area (TPSA) is 89.0 Å². The molecule has 1 aromatic heterocycles. The van der Waals surface area contributed by atoms with Gasteiger partial charge in [-0.1, -0.05) is 60.2 Å². The van der Waals surface area contributed by atoms with Crippen molar-refractivity contribution in [3.05, 3.63) is 82.9 Å². The summed E-state index contributed by atoms with van der Waals surface area (Å²) >= 11 is 7.75. The maximum absolute atomic E-state index is 13.9. The Kier molecular flexibility index (Phi) is 8.72. The Morgan fingerprint density at radius 1 is 1.12 bits per heavy atom. The number of carbonyl (C=O) groups excluding carboxylic acids is 1. The number of hydrogen-bond donors (Lipinski definition) is 0. The van der Waals surface area contributed by atoms with Crippen molar-refractivity contribution in [2.75, 3.05) is 31.7 Å². The molecule has 11 heteroatoms. The van der Waals surface area contributed by atoms with Gasteiger partial charge < -0.3 is 9.47 Å². The molecule has 0 radical (unpaired) electrons. The van der Waals surface area contributed by atoms with Crippen LogP contribution in [0.5, 0.6) is 5.75 Å². The van der Waals surface area contributed by atoms with E-state index >= 15 is 0 Å². The van der Waals surface area contributed by atoms with Gasteiger partial charge in [-0.15, -0.1) is 0 Å². The summed E-state index contributed by atoms with van der Waals surface area (Å²) in [6.45, 7) is 3.35. The number of halogens is 1. The summed E-state index contributed by atoms with van der Waals surface area (Å²) < 4.78 is 40.2. The fourth-order valence-corrected chi connectivity index (χ4v) is 7.39. The summed E-state index contributed by atoms with van der Waals surface area (Å²) in [5.41, 5.74) is 1.83. The molecule has 1 fully saturated rings. The number of rotatable bonds is 10. The number of nitrogens with zero attached hydrogens (tertiary/aromatic N) is 3. The van der Waals surface area contributed by atoms with E-state index in [2.05, 4.69) is 0 Å². The van der Waals surface area contributed by atoms with Gasteiger partial charge in [0.1, 0.15) is 11.3 Å². The van der Waals surface area contributed by atoms with Crippen LogP contribution in [0.4, 0.5) is 5.13 Å². The molecule has 1 aliphatic heterocycles. The Bertz CT molecular complexity index is 1590. The first-order valence-corrected chi connectivity index (χ1v) is 15.7. The number of methoxy groups -OCH3 is 1. The van der Waals surface area contributed by atoms with Crippen molar-refractivity contribution < 1.29 is 22.7 Å². The van der Waals surface area contributed by atoms with Crippen molar-refractivity contribution in [3.8, 4) is 5.75 Å². The monoisotopic (exact) mass is 599 g/mol. The highest BCUT2D eigenvalue weighted by Crippen LogP contribution is 2.39. The normalized spacial score (nSPS) is 15.6. The summed E-state index contributed by atoms with van der Waals surface area (Å²) in [5, 5.41) is 0.994. The molecule has 5 rings (SSSR count). The van der Waals surface area contributed by atoms with Gasteiger partial charge in [0.25, 0.3) is 5.91 Å². The molecule has 3 aromatic carbocycles. The molecule has 2 heterocycles. The number of ether oxygens (including phenoxy) is 2. The van der Waals surface area contributed by atoms with Gasteiger partial charge in [-0.3, -0.25) is 9.69 Å². The maximum atomic E-state index is 13.9. The van der Waals surface area contributed by atoms with E-state index in [0.717, 1.165) is 23.1 Å². The average molecular weight is 600 g/mol. The molecule has 1 saturated heterocycles. The number of amides is 1.